The minimum absolute atomic E-state index is 0.161. The molecule has 1 amide bonds. The minimum Gasteiger partial charge on any atom is -0.398 e. The summed E-state index contributed by atoms with van der Waals surface area (Å²) < 4.78 is 0. The molecule has 4 nitrogen and oxygen atoms in total. The normalized spacial score (nSPS) is 11.3. The van der Waals surface area contributed by atoms with Gasteiger partial charge in [-0.05, 0) is 24.6 Å². The molecule has 0 bridgehead atoms. The van der Waals surface area contributed by atoms with Crippen LogP contribution in [0.25, 0.3) is 0 Å². The zero-order valence-corrected chi connectivity index (χ0v) is 11.2. The lowest BCUT2D eigenvalue weighted by molar-refractivity contribution is -0.128. The molecule has 0 radical (unpaired) electrons. The Kier molecular flexibility index (Phi) is 4.42. The molecule has 1 aromatic carbocycles. The lowest BCUT2D eigenvalue weighted by Gasteiger charge is -2.22. The fraction of sp³-hybridized carbons (Fsp3) is 0.417. The van der Waals surface area contributed by atoms with E-state index in [9.17, 15) is 4.79 Å². The Labute approximate surface area is 106 Å². The summed E-state index contributed by atoms with van der Waals surface area (Å²) in [4.78, 5) is 12.6. The van der Waals surface area contributed by atoms with Crippen molar-refractivity contribution in [2.75, 3.05) is 11.5 Å². The number of thioether (sulfide) groups is 1. The van der Waals surface area contributed by atoms with E-state index in [-0.39, 0.29) is 5.91 Å². The van der Waals surface area contributed by atoms with Gasteiger partial charge in [0.05, 0.1) is 5.41 Å². The number of nitrogens with one attached hydrogen (secondary N) is 1. The third kappa shape index (κ3) is 3.38. The third-order valence-electron chi connectivity index (χ3n) is 2.66. The van der Waals surface area contributed by atoms with Crippen LogP contribution in [0.15, 0.2) is 23.1 Å². The van der Waals surface area contributed by atoms with Crippen molar-refractivity contribution in [1.29, 1.82) is 0 Å². The van der Waals surface area contributed by atoms with Gasteiger partial charge < -0.3 is 5.73 Å². The molecule has 0 aromatic heterocycles. The van der Waals surface area contributed by atoms with Crippen LogP contribution in [-0.4, -0.2) is 11.7 Å². The first-order chi connectivity index (χ1) is 7.88. The molecule has 5 heteroatoms. The number of rotatable bonds is 4. The van der Waals surface area contributed by atoms with Gasteiger partial charge in [0, 0.05) is 16.3 Å². The molecular weight excluding hydrogens is 234 g/mol. The topological polar surface area (TPSA) is 81.1 Å². The van der Waals surface area contributed by atoms with Gasteiger partial charge in [0.25, 0.3) is 0 Å². The maximum Gasteiger partial charge on any atom is 0.240 e. The number of amides is 1. The molecule has 17 heavy (non-hydrogen) atoms. The smallest absolute Gasteiger partial charge is 0.240 e. The molecule has 94 valence electrons. The van der Waals surface area contributed by atoms with Crippen molar-refractivity contribution in [1.82, 2.24) is 5.43 Å². The Hall–Kier alpha value is -1.20. The van der Waals surface area contributed by atoms with E-state index < -0.39 is 5.41 Å². The fourth-order valence-electron chi connectivity index (χ4n) is 1.31. The summed E-state index contributed by atoms with van der Waals surface area (Å²) in [7, 11) is 0. The summed E-state index contributed by atoms with van der Waals surface area (Å²) >= 11 is 1.62. The first-order valence-electron chi connectivity index (χ1n) is 5.37. The molecule has 0 unspecified atom stereocenters. The molecule has 0 saturated carbocycles. The van der Waals surface area contributed by atoms with Gasteiger partial charge in [-0.3, -0.25) is 10.2 Å². The van der Waals surface area contributed by atoms with Crippen LogP contribution in [-0.2, 0) is 4.79 Å². The van der Waals surface area contributed by atoms with Crippen LogP contribution in [0.5, 0.6) is 0 Å². The number of carbonyl (C=O) groups is 1. The molecule has 0 fully saturated rings. The molecule has 0 heterocycles. The Balaban J connectivity index is 2.74. The van der Waals surface area contributed by atoms with E-state index in [0.29, 0.717) is 5.75 Å². The Morgan fingerprint density at radius 3 is 2.71 bits per heavy atom. The first kappa shape index (κ1) is 13.9. The molecule has 0 saturated heterocycles. The van der Waals surface area contributed by atoms with Crippen molar-refractivity contribution < 1.29 is 4.79 Å². The van der Waals surface area contributed by atoms with Crippen molar-refractivity contribution in [3.63, 3.8) is 0 Å². The Morgan fingerprint density at radius 2 is 2.12 bits per heavy atom. The average molecular weight is 253 g/mol. The van der Waals surface area contributed by atoms with Crippen LogP contribution in [0.3, 0.4) is 0 Å². The van der Waals surface area contributed by atoms with Crippen LogP contribution in [0, 0.1) is 12.3 Å². The molecule has 1 rings (SSSR count). The van der Waals surface area contributed by atoms with Gasteiger partial charge in [-0.15, -0.1) is 11.8 Å². The molecule has 0 aliphatic rings. The van der Waals surface area contributed by atoms with Crippen LogP contribution in [0.2, 0.25) is 0 Å². The maximum atomic E-state index is 11.5. The summed E-state index contributed by atoms with van der Waals surface area (Å²) in [5.41, 5.74) is 9.35. The van der Waals surface area contributed by atoms with Crippen molar-refractivity contribution in [2.45, 2.75) is 25.7 Å². The second kappa shape index (κ2) is 5.42. The summed E-state index contributed by atoms with van der Waals surface area (Å²) in [6.07, 6.45) is 0. The third-order valence-corrected chi connectivity index (χ3v) is 4.28. The summed E-state index contributed by atoms with van der Waals surface area (Å²) in [5.74, 6) is 5.64. The van der Waals surface area contributed by atoms with Crippen molar-refractivity contribution in [2.24, 2.45) is 11.3 Å². The summed E-state index contributed by atoms with van der Waals surface area (Å²) in [6, 6.07) is 5.80. The number of benzene rings is 1. The zero-order chi connectivity index (χ0) is 13.1. The monoisotopic (exact) mass is 253 g/mol. The van der Waals surface area contributed by atoms with E-state index in [1.165, 1.54) is 0 Å². The van der Waals surface area contributed by atoms with Crippen molar-refractivity contribution in [3.8, 4) is 0 Å². The number of nitrogen functional groups attached to an aromatic ring is 1. The van der Waals surface area contributed by atoms with E-state index in [0.717, 1.165) is 16.1 Å². The van der Waals surface area contributed by atoms with Gasteiger partial charge in [0.1, 0.15) is 0 Å². The quantitative estimate of drug-likeness (QED) is 0.251. The van der Waals surface area contributed by atoms with Crippen LogP contribution < -0.4 is 17.0 Å². The van der Waals surface area contributed by atoms with Gasteiger partial charge in [-0.2, -0.15) is 0 Å². The SMILES string of the molecule is Cc1c(N)cccc1SCC(C)(C)C(=O)NN. The minimum atomic E-state index is -0.504. The molecular formula is C12H19N3OS. The van der Waals surface area contributed by atoms with Crippen molar-refractivity contribution in [3.05, 3.63) is 23.8 Å². The van der Waals surface area contributed by atoms with E-state index in [1.54, 1.807) is 11.8 Å². The number of hydrogen-bond donors (Lipinski definition) is 3. The fourth-order valence-corrected chi connectivity index (χ4v) is 2.46. The highest BCUT2D eigenvalue weighted by atomic mass is 32.2. The molecule has 0 spiro atoms. The van der Waals surface area contributed by atoms with E-state index in [2.05, 4.69) is 5.43 Å². The number of hydrazine groups is 1. The number of hydrogen-bond acceptors (Lipinski definition) is 4. The van der Waals surface area contributed by atoms with Gasteiger partial charge in [-0.25, -0.2) is 5.84 Å². The molecule has 0 aliphatic carbocycles. The predicted molar refractivity (Wildman–Crippen MR) is 72.4 cm³/mol. The molecule has 0 aliphatic heterocycles. The average Bonchev–Trinajstić information content (AvgIpc) is 2.30. The Bertz CT molecular complexity index is 418. The highest BCUT2D eigenvalue weighted by Crippen LogP contribution is 2.31. The van der Waals surface area contributed by atoms with Gasteiger partial charge in [-0.1, -0.05) is 19.9 Å². The van der Waals surface area contributed by atoms with Crippen LogP contribution in [0.1, 0.15) is 19.4 Å². The summed E-state index contributed by atoms with van der Waals surface area (Å²) in [6.45, 7) is 5.71. The second-order valence-electron chi connectivity index (χ2n) is 4.62. The van der Waals surface area contributed by atoms with Gasteiger partial charge in [0.2, 0.25) is 5.91 Å². The number of anilines is 1. The summed E-state index contributed by atoms with van der Waals surface area (Å²) in [5, 5.41) is 0. The van der Waals surface area contributed by atoms with E-state index in [1.807, 2.05) is 39.0 Å². The highest BCUT2D eigenvalue weighted by molar-refractivity contribution is 7.99. The van der Waals surface area contributed by atoms with Crippen LogP contribution in [0.4, 0.5) is 5.69 Å². The van der Waals surface area contributed by atoms with Crippen molar-refractivity contribution >= 4 is 23.4 Å². The lowest BCUT2D eigenvalue weighted by atomic mass is 9.96. The maximum absolute atomic E-state index is 11.5. The molecule has 1 aromatic rings. The largest absolute Gasteiger partial charge is 0.398 e. The predicted octanol–water partition coefficient (Wildman–Crippen LogP) is 1.69. The van der Waals surface area contributed by atoms with Crippen LogP contribution >= 0.6 is 11.8 Å². The zero-order valence-electron chi connectivity index (χ0n) is 10.4. The first-order valence-corrected chi connectivity index (χ1v) is 6.36. The van der Waals surface area contributed by atoms with E-state index >= 15 is 0 Å². The highest BCUT2D eigenvalue weighted by Gasteiger charge is 2.27. The molecule has 5 N–H and O–H groups in total. The number of nitrogens with two attached hydrogens (primary N) is 2. The lowest BCUT2D eigenvalue weighted by Crippen LogP contribution is -2.42. The standard InChI is InChI=1S/C12H19N3OS/c1-8-9(13)5-4-6-10(8)17-7-12(2,3)11(16)15-14/h4-6H,7,13-14H2,1-3H3,(H,15,16). The van der Waals surface area contributed by atoms with E-state index in [4.69, 9.17) is 11.6 Å². The molecule has 0 atom stereocenters. The Morgan fingerprint density at radius 1 is 1.47 bits per heavy atom. The number of carbonyl (C=O) groups excluding carboxylic acids is 1. The van der Waals surface area contributed by atoms with Gasteiger partial charge >= 0.3 is 0 Å². The van der Waals surface area contributed by atoms with Gasteiger partial charge in [0.15, 0.2) is 0 Å². The second-order valence-corrected chi connectivity index (χ2v) is 5.63.